The average molecular weight is 345 g/mol. The summed E-state index contributed by atoms with van der Waals surface area (Å²) in [6.45, 7) is 2.34. The molecule has 1 unspecified atom stereocenters. The van der Waals surface area contributed by atoms with Gasteiger partial charge in [-0.1, -0.05) is 6.92 Å². The van der Waals surface area contributed by atoms with Crippen LogP contribution in [0.5, 0.6) is 0 Å². The molecule has 6 N–H and O–H groups in total. The van der Waals surface area contributed by atoms with Gasteiger partial charge in [0.1, 0.15) is 0 Å². The number of primary amides is 1. The highest BCUT2D eigenvalue weighted by Crippen LogP contribution is 2.15. The van der Waals surface area contributed by atoms with Crippen LogP contribution in [0, 0.1) is 5.92 Å². The van der Waals surface area contributed by atoms with Gasteiger partial charge in [0.15, 0.2) is 5.60 Å². The SMILES string of the molecule is CC(Cn1cccn1)C(N)=O.O=C(O)CC(O)(CC(=O)O)C(=O)O. The van der Waals surface area contributed by atoms with Crippen LogP contribution in [0.15, 0.2) is 18.5 Å². The predicted molar refractivity (Wildman–Crippen MR) is 77.7 cm³/mol. The minimum absolute atomic E-state index is 0.158. The number of carbonyl (C=O) groups excluding carboxylic acids is 1. The maximum Gasteiger partial charge on any atom is 0.336 e. The molecule has 1 rings (SSSR count). The second kappa shape index (κ2) is 9.25. The van der Waals surface area contributed by atoms with Crippen LogP contribution < -0.4 is 5.73 Å². The Labute approximate surface area is 136 Å². The van der Waals surface area contributed by atoms with Gasteiger partial charge in [0, 0.05) is 12.4 Å². The summed E-state index contributed by atoms with van der Waals surface area (Å²) in [4.78, 5) is 41.1. The number of rotatable bonds is 8. The maximum absolute atomic E-state index is 10.6. The highest BCUT2D eigenvalue weighted by Gasteiger charge is 2.40. The maximum atomic E-state index is 10.6. The molecule has 0 fully saturated rings. The van der Waals surface area contributed by atoms with Gasteiger partial charge in [-0.05, 0) is 6.07 Å². The van der Waals surface area contributed by atoms with E-state index in [2.05, 4.69) is 5.10 Å². The van der Waals surface area contributed by atoms with E-state index in [0.29, 0.717) is 6.54 Å². The van der Waals surface area contributed by atoms with Crippen LogP contribution in [0.25, 0.3) is 0 Å². The molecule has 0 aliphatic heterocycles. The van der Waals surface area contributed by atoms with Crippen LogP contribution in [-0.2, 0) is 25.7 Å². The fourth-order valence-electron chi connectivity index (χ4n) is 1.49. The van der Waals surface area contributed by atoms with E-state index in [1.807, 2.05) is 6.07 Å². The number of carboxylic acids is 3. The summed E-state index contributed by atoms with van der Waals surface area (Å²) in [5, 5.41) is 37.8. The lowest BCUT2D eigenvalue weighted by molar-refractivity contribution is -0.170. The van der Waals surface area contributed by atoms with Crippen molar-refractivity contribution in [2.24, 2.45) is 11.7 Å². The molecule has 0 radical (unpaired) electrons. The first-order valence-corrected chi connectivity index (χ1v) is 6.64. The Kier molecular flexibility index (Phi) is 8.11. The van der Waals surface area contributed by atoms with Crippen LogP contribution in [-0.4, -0.2) is 59.6 Å². The summed E-state index contributed by atoms with van der Waals surface area (Å²) in [5.41, 5.74) is 2.33. The quantitative estimate of drug-likeness (QED) is 0.383. The zero-order valence-corrected chi connectivity index (χ0v) is 12.8. The number of carbonyl (C=O) groups is 4. The first kappa shape index (κ1) is 21.0. The van der Waals surface area contributed by atoms with Crippen LogP contribution in [0.1, 0.15) is 19.8 Å². The van der Waals surface area contributed by atoms with Gasteiger partial charge in [-0.2, -0.15) is 5.10 Å². The molecule has 1 aromatic rings. The summed E-state index contributed by atoms with van der Waals surface area (Å²) in [5.74, 6) is -5.47. The van der Waals surface area contributed by atoms with Gasteiger partial charge in [0.2, 0.25) is 5.91 Å². The number of aliphatic hydroxyl groups is 1. The summed E-state index contributed by atoms with van der Waals surface area (Å²) in [6.07, 6.45) is 1.19. The number of aromatic nitrogens is 2. The molecule has 1 atom stereocenters. The summed E-state index contributed by atoms with van der Waals surface area (Å²) in [7, 11) is 0. The van der Waals surface area contributed by atoms with E-state index in [4.69, 9.17) is 26.2 Å². The van der Waals surface area contributed by atoms with Crippen LogP contribution >= 0.6 is 0 Å². The van der Waals surface area contributed by atoms with E-state index in [1.54, 1.807) is 24.0 Å². The summed E-state index contributed by atoms with van der Waals surface area (Å²) < 4.78 is 1.69. The highest BCUT2D eigenvalue weighted by atomic mass is 16.4. The Hall–Kier alpha value is -2.95. The molecular formula is C13H19N3O8. The molecule has 0 aliphatic carbocycles. The fraction of sp³-hybridized carbons (Fsp3) is 0.462. The van der Waals surface area contributed by atoms with Gasteiger partial charge < -0.3 is 26.2 Å². The van der Waals surface area contributed by atoms with Crippen molar-refractivity contribution in [3.63, 3.8) is 0 Å². The molecule has 1 heterocycles. The number of aliphatic carboxylic acids is 3. The van der Waals surface area contributed by atoms with Crippen molar-refractivity contribution in [2.45, 2.75) is 31.9 Å². The Balaban J connectivity index is 0.000000446. The van der Waals surface area contributed by atoms with Gasteiger partial charge >= 0.3 is 17.9 Å². The van der Waals surface area contributed by atoms with Crippen molar-refractivity contribution in [3.8, 4) is 0 Å². The second-order valence-electron chi connectivity index (χ2n) is 5.01. The van der Waals surface area contributed by atoms with E-state index in [-0.39, 0.29) is 11.8 Å². The van der Waals surface area contributed by atoms with E-state index in [0.717, 1.165) is 0 Å². The van der Waals surface area contributed by atoms with Crippen molar-refractivity contribution in [1.82, 2.24) is 9.78 Å². The fourth-order valence-corrected chi connectivity index (χ4v) is 1.49. The van der Waals surface area contributed by atoms with Crippen molar-refractivity contribution in [1.29, 1.82) is 0 Å². The summed E-state index contributed by atoms with van der Waals surface area (Å²) in [6, 6.07) is 1.81. The Morgan fingerprint density at radius 2 is 1.67 bits per heavy atom. The van der Waals surface area contributed by atoms with E-state index < -0.39 is 36.4 Å². The Morgan fingerprint density at radius 3 is 1.96 bits per heavy atom. The third-order valence-electron chi connectivity index (χ3n) is 2.79. The van der Waals surface area contributed by atoms with Crippen LogP contribution in [0.3, 0.4) is 0 Å². The van der Waals surface area contributed by atoms with Gasteiger partial charge in [0.25, 0.3) is 0 Å². The molecule has 0 saturated heterocycles. The molecular weight excluding hydrogens is 326 g/mol. The van der Waals surface area contributed by atoms with Gasteiger partial charge in [-0.3, -0.25) is 19.1 Å². The smallest absolute Gasteiger partial charge is 0.336 e. The van der Waals surface area contributed by atoms with Crippen LogP contribution in [0.2, 0.25) is 0 Å². The van der Waals surface area contributed by atoms with Crippen molar-refractivity contribution < 1.29 is 39.6 Å². The zero-order valence-electron chi connectivity index (χ0n) is 12.8. The average Bonchev–Trinajstić information content (AvgIpc) is 2.90. The minimum atomic E-state index is -2.74. The second-order valence-corrected chi connectivity index (χ2v) is 5.01. The van der Waals surface area contributed by atoms with Crippen molar-refractivity contribution in [2.75, 3.05) is 0 Å². The first-order valence-electron chi connectivity index (χ1n) is 6.64. The van der Waals surface area contributed by atoms with Gasteiger partial charge in [-0.15, -0.1) is 0 Å². The van der Waals surface area contributed by atoms with E-state index in [9.17, 15) is 19.2 Å². The molecule has 11 heteroatoms. The Morgan fingerprint density at radius 1 is 1.17 bits per heavy atom. The van der Waals surface area contributed by atoms with Gasteiger partial charge in [-0.25, -0.2) is 4.79 Å². The lowest BCUT2D eigenvalue weighted by atomic mass is 9.96. The number of nitrogens with zero attached hydrogens (tertiary/aromatic N) is 2. The largest absolute Gasteiger partial charge is 0.481 e. The van der Waals surface area contributed by atoms with E-state index >= 15 is 0 Å². The van der Waals surface area contributed by atoms with Crippen molar-refractivity contribution >= 4 is 23.8 Å². The lowest BCUT2D eigenvalue weighted by Crippen LogP contribution is -2.42. The number of hydrogen-bond acceptors (Lipinski definition) is 6. The number of carboxylic acid groups (broad SMARTS) is 3. The summed E-state index contributed by atoms with van der Waals surface area (Å²) >= 11 is 0. The van der Waals surface area contributed by atoms with E-state index in [1.165, 1.54) is 0 Å². The number of hydrogen-bond donors (Lipinski definition) is 5. The molecule has 24 heavy (non-hydrogen) atoms. The standard InChI is InChI=1S/C7H11N3O.C6H8O7/c1-6(7(8)11)5-10-4-2-3-9-10;7-3(8)1-6(13,5(11)12)2-4(9)10/h2-4,6H,5H2,1H3,(H2,8,11);13H,1-2H2,(H,7,8)(H,9,10)(H,11,12). The molecule has 134 valence electrons. The molecule has 0 saturated carbocycles. The third-order valence-corrected chi connectivity index (χ3v) is 2.79. The number of amides is 1. The monoisotopic (exact) mass is 345 g/mol. The minimum Gasteiger partial charge on any atom is -0.481 e. The first-order chi connectivity index (χ1) is 11.0. The molecule has 0 aromatic carbocycles. The molecule has 1 amide bonds. The lowest BCUT2D eigenvalue weighted by Gasteiger charge is -2.18. The third kappa shape index (κ3) is 7.89. The molecule has 11 nitrogen and oxygen atoms in total. The highest BCUT2D eigenvalue weighted by molar-refractivity contribution is 5.88. The molecule has 0 bridgehead atoms. The number of nitrogens with two attached hydrogens (primary N) is 1. The topological polar surface area (TPSA) is 193 Å². The van der Waals surface area contributed by atoms with Gasteiger partial charge in [0.05, 0.1) is 25.3 Å². The Bertz CT molecular complexity index is 568. The zero-order chi connectivity index (χ0) is 18.9. The molecule has 0 aliphatic rings. The molecule has 0 spiro atoms. The predicted octanol–water partition coefficient (Wildman–Crippen LogP) is -1.24. The van der Waals surface area contributed by atoms with Crippen LogP contribution in [0.4, 0.5) is 0 Å². The molecule has 1 aromatic heterocycles. The normalized spacial score (nSPS) is 11.8. The van der Waals surface area contributed by atoms with Crippen molar-refractivity contribution in [3.05, 3.63) is 18.5 Å².